The van der Waals surface area contributed by atoms with Crippen molar-refractivity contribution in [2.75, 3.05) is 13.2 Å². The Kier molecular flexibility index (Phi) is 12.0. The highest BCUT2D eigenvalue weighted by atomic mass is 79.9. The first-order valence-corrected chi connectivity index (χ1v) is 13.3. The Balaban J connectivity index is 1.50. The number of hydrogen-bond donors (Lipinski definition) is 0. The lowest BCUT2D eigenvalue weighted by molar-refractivity contribution is 0.219. The number of benzene rings is 2. The van der Waals surface area contributed by atoms with E-state index < -0.39 is 8.25 Å². The van der Waals surface area contributed by atoms with E-state index in [2.05, 4.69) is 88.0 Å². The average Bonchev–Trinajstić information content (AvgIpc) is 2.59. The Morgan fingerprint density at radius 2 is 0.964 bits per heavy atom. The van der Waals surface area contributed by atoms with Gasteiger partial charge in [-0.05, 0) is 86.1 Å². The Labute approximate surface area is 201 Å². The zero-order valence-electron chi connectivity index (χ0n) is 15.3. The van der Waals surface area contributed by atoms with Gasteiger partial charge in [0.2, 0.25) is 0 Å². The molecule has 0 bridgehead atoms. The summed E-state index contributed by atoms with van der Waals surface area (Å²) in [6.07, 6.45) is 5.59. The SMILES string of the molecule is O=[P+](OCCCCc1cc(Br)cc(Br)c1)OCCCCc1cc(Br)cc(Br)c1. The molecular weight excluding hydrogens is 639 g/mol. The van der Waals surface area contributed by atoms with E-state index in [4.69, 9.17) is 9.05 Å². The summed E-state index contributed by atoms with van der Waals surface area (Å²) in [6, 6.07) is 12.5. The second-order valence-corrected chi connectivity index (χ2v) is 11.0. The molecule has 0 aliphatic rings. The molecule has 0 saturated heterocycles. The number of unbranched alkanes of at least 4 members (excludes halogenated alkanes) is 2. The van der Waals surface area contributed by atoms with E-state index in [0.717, 1.165) is 56.4 Å². The van der Waals surface area contributed by atoms with Crippen molar-refractivity contribution in [2.24, 2.45) is 0 Å². The first-order valence-electron chi connectivity index (χ1n) is 9.05. The molecule has 0 radical (unpaired) electrons. The molecule has 0 fully saturated rings. The van der Waals surface area contributed by atoms with Crippen LogP contribution in [-0.4, -0.2) is 13.2 Å². The van der Waals surface area contributed by atoms with Gasteiger partial charge in [-0.3, -0.25) is 0 Å². The topological polar surface area (TPSA) is 35.5 Å². The van der Waals surface area contributed by atoms with Gasteiger partial charge in [0.15, 0.2) is 0 Å². The van der Waals surface area contributed by atoms with Crippen LogP contribution in [0.4, 0.5) is 0 Å². The smallest absolute Gasteiger partial charge is 0.119 e. The predicted molar refractivity (Wildman–Crippen MR) is 129 cm³/mol. The molecule has 0 aliphatic carbocycles. The molecule has 152 valence electrons. The van der Waals surface area contributed by atoms with Crippen LogP contribution in [0, 0.1) is 0 Å². The summed E-state index contributed by atoms with van der Waals surface area (Å²) in [5.74, 6) is 0. The maximum absolute atomic E-state index is 11.8. The molecule has 0 atom stereocenters. The van der Waals surface area contributed by atoms with Crippen LogP contribution in [0.2, 0.25) is 0 Å². The molecule has 0 N–H and O–H groups in total. The minimum atomic E-state index is -2.02. The quantitative estimate of drug-likeness (QED) is 0.169. The molecule has 3 nitrogen and oxygen atoms in total. The highest BCUT2D eigenvalue weighted by Crippen LogP contribution is 2.26. The van der Waals surface area contributed by atoms with Crippen LogP contribution in [0.5, 0.6) is 0 Å². The standard InChI is InChI=1S/C20H22Br4O3P/c21-17-9-15(10-18(22)13-17)5-1-3-7-26-28(25)27-8-4-2-6-16-11-19(23)14-20(24)12-16/h9-14H,1-8H2/q+1. The van der Waals surface area contributed by atoms with E-state index in [-0.39, 0.29) is 0 Å². The third kappa shape index (κ3) is 10.4. The zero-order valence-corrected chi connectivity index (χ0v) is 22.5. The van der Waals surface area contributed by atoms with Crippen LogP contribution in [0.1, 0.15) is 36.8 Å². The average molecular weight is 661 g/mol. The van der Waals surface area contributed by atoms with Crippen molar-refractivity contribution in [2.45, 2.75) is 38.5 Å². The molecule has 0 heterocycles. The highest BCUT2D eigenvalue weighted by molar-refractivity contribution is 9.11. The van der Waals surface area contributed by atoms with E-state index in [1.807, 2.05) is 12.1 Å². The Morgan fingerprint density at radius 3 is 1.32 bits per heavy atom. The molecule has 0 aromatic heterocycles. The molecule has 28 heavy (non-hydrogen) atoms. The zero-order chi connectivity index (χ0) is 20.4. The van der Waals surface area contributed by atoms with Crippen LogP contribution in [0.25, 0.3) is 0 Å². The fourth-order valence-electron chi connectivity index (χ4n) is 2.69. The van der Waals surface area contributed by atoms with E-state index in [1.165, 1.54) is 11.1 Å². The van der Waals surface area contributed by atoms with E-state index in [0.29, 0.717) is 13.2 Å². The minimum absolute atomic E-state index is 0.455. The minimum Gasteiger partial charge on any atom is -0.119 e. The molecule has 2 aromatic rings. The Bertz CT molecular complexity index is 682. The Morgan fingerprint density at radius 1 is 0.607 bits per heavy atom. The van der Waals surface area contributed by atoms with E-state index >= 15 is 0 Å². The van der Waals surface area contributed by atoms with Crippen molar-refractivity contribution in [3.05, 3.63) is 65.4 Å². The maximum atomic E-state index is 11.8. The second kappa shape index (κ2) is 13.6. The summed E-state index contributed by atoms with van der Waals surface area (Å²) in [6.45, 7) is 0.910. The van der Waals surface area contributed by atoms with Gasteiger partial charge in [0.05, 0.1) is 0 Å². The van der Waals surface area contributed by atoms with Crippen molar-refractivity contribution < 1.29 is 13.6 Å². The summed E-state index contributed by atoms with van der Waals surface area (Å²) < 4.78 is 26.6. The summed E-state index contributed by atoms with van der Waals surface area (Å²) in [5, 5.41) is 0. The molecular formula is C20H22Br4O3P+. The molecule has 8 heteroatoms. The third-order valence-electron chi connectivity index (χ3n) is 3.96. The van der Waals surface area contributed by atoms with Crippen molar-refractivity contribution in [1.82, 2.24) is 0 Å². The number of hydrogen-bond acceptors (Lipinski definition) is 3. The van der Waals surface area contributed by atoms with Gasteiger partial charge in [0.25, 0.3) is 0 Å². The van der Waals surface area contributed by atoms with Crippen LogP contribution in [0.3, 0.4) is 0 Å². The highest BCUT2D eigenvalue weighted by Gasteiger charge is 2.19. The molecule has 0 amide bonds. The van der Waals surface area contributed by atoms with Gasteiger partial charge in [-0.2, -0.15) is 0 Å². The van der Waals surface area contributed by atoms with Gasteiger partial charge in [0, 0.05) is 22.5 Å². The Hall–Kier alpha value is 0.380. The summed E-state index contributed by atoms with van der Waals surface area (Å²) in [7, 11) is -2.02. The van der Waals surface area contributed by atoms with E-state index in [1.54, 1.807) is 0 Å². The number of rotatable bonds is 12. The largest absolute Gasteiger partial charge is 0.697 e. The van der Waals surface area contributed by atoms with E-state index in [9.17, 15) is 4.57 Å². The molecule has 0 unspecified atom stereocenters. The molecule has 0 saturated carbocycles. The maximum Gasteiger partial charge on any atom is 0.697 e. The van der Waals surface area contributed by atoms with Gasteiger partial charge in [-0.1, -0.05) is 63.7 Å². The van der Waals surface area contributed by atoms with Crippen LogP contribution in [0.15, 0.2) is 54.3 Å². The monoisotopic (exact) mass is 657 g/mol. The summed E-state index contributed by atoms with van der Waals surface area (Å²) in [5.41, 5.74) is 2.53. The van der Waals surface area contributed by atoms with Crippen LogP contribution < -0.4 is 0 Å². The molecule has 2 aromatic carbocycles. The van der Waals surface area contributed by atoms with Gasteiger partial charge in [-0.15, -0.1) is 9.05 Å². The predicted octanol–water partition coefficient (Wildman–Crippen LogP) is 8.77. The van der Waals surface area contributed by atoms with Crippen molar-refractivity contribution in [3.8, 4) is 0 Å². The lowest BCUT2D eigenvalue weighted by atomic mass is 10.1. The van der Waals surface area contributed by atoms with Gasteiger partial charge < -0.3 is 0 Å². The summed E-state index contributed by atoms with van der Waals surface area (Å²) in [4.78, 5) is 0. The summed E-state index contributed by atoms with van der Waals surface area (Å²) >= 11 is 14.0. The van der Waals surface area contributed by atoms with Crippen LogP contribution >= 0.6 is 72.0 Å². The fraction of sp³-hybridized carbons (Fsp3) is 0.400. The normalized spacial score (nSPS) is 11.0. The van der Waals surface area contributed by atoms with Gasteiger partial charge in [0.1, 0.15) is 13.2 Å². The second-order valence-electron chi connectivity index (χ2n) is 6.36. The molecule has 2 rings (SSSR count). The van der Waals surface area contributed by atoms with Crippen LogP contribution in [-0.2, 0) is 26.5 Å². The third-order valence-corrected chi connectivity index (χ3v) is 6.58. The van der Waals surface area contributed by atoms with Crippen molar-refractivity contribution >= 4 is 72.0 Å². The van der Waals surface area contributed by atoms with Crippen molar-refractivity contribution in [1.29, 1.82) is 0 Å². The fourth-order valence-corrected chi connectivity index (χ4v) is 6.10. The number of halogens is 4. The van der Waals surface area contributed by atoms with Crippen molar-refractivity contribution in [3.63, 3.8) is 0 Å². The molecule has 0 aliphatic heterocycles. The first kappa shape index (κ1) is 24.6. The number of aryl methyl sites for hydroxylation is 2. The lowest BCUT2D eigenvalue weighted by Crippen LogP contribution is -1.94. The molecule has 0 spiro atoms. The van der Waals surface area contributed by atoms with Gasteiger partial charge >= 0.3 is 8.25 Å². The lowest BCUT2D eigenvalue weighted by Gasteiger charge is -2.03. The van der Waals surface area contributed by atoms with Gasteiger partial charge in [-0.25, -0.2) is 0 Å². The first-order chi connectivity index (χ1) is 13.4.